The predicted molar refractivity (Wildman–Crippen MR) is 85.6 cm³/mol. The lowest BCUT2D eigenvalue weighted by Gasteiger charge is -2.18. The first-order chi connectivity index (χ1) is 11.0. The Kier molecular flexibility index (Phi) is 4.21. The largest absolute Gasteiger partial charge is 0.469 e. The summed E-state index contributed by atoms with van der Waals surface area (Å²) in [6.45, 7) is 1.97. The third kappa shape index (κ3) is 2.88. The summed E-state index contributed by atoms with van der Waals surface area (Å²) in [4.78, 5) is 27.3. The Labute approximate surface area is 140 Å². The van der Waals surface area contributed by atoms with Crippen molar-refractivity contribution in [2.24, 2.45) is 0 Å². The molecule has 1 aromatic heterocycles. The molecule has 0 bridgehead atoms. The summed E-state index contributed by atoms with van der Waals surface area (Å²) in [6, 6.07) is 6.65. The summed E-state index contributed by atoms with van der Waals surface area (Å²) in [5.41, 5.74) is -0.0319. The van der Waals surface area contributed by atoms with Crippen LogP contribution in [0.3, 0.4) is 0 Å². The van der Waals surface area contributed by atoms with Gasteiger partial charge >= 0.3 is 6.03 Å². The van der Waals surface area contributed by atoms with Crippen molar-refractivity contribution in [1.82, 2.24) is 4.90 Å². The quantitative estimate of drug-likeness (QED) is 0.761. The highest BCUT2D eigenvalue weighted by Gasteiger charge is 2.44. The first kappa shape index (κ1) is 15.7. The van der Waals surface area contributed by atoms with E-state index in [1.54, 1.807) is 31.4 Å². The van der Waals surface area contributed by atoms with E-state index in [9.17, 15) is 14.0 Å². The molecule has 1 aliphatic heterocycles. The lowest BCUT2D eigenvalue weighted by Crippen LogP contribution is -2.35. The number of amides is 3. The summed E-state index contributed by atoms with van der Waals surface area (Å²) in [5, 5.41) is 0. The number of furan rings is 1. The van der Waals surface area contributed by atoms with Crippen molar-refractivity contribution in [1.29, 1.82) is 0 Å². The molecule has 1 unspecified atom stereocenters. The van der Waals surface area contributed by atoms with Crippen molar-refractivity contribution in [3.8, 4) is 0 Å². The SMILES string of the molecule is CC1C(=O)N(c2ccc(Br)cc2F)C(=O)N1CCc1ccco1. The lowest BCUT2D eigenvalue weighted by atomic mass is 10.2. The van der Waals surface area contributed by atoms with Gasteiger partial charge in [-0.1, -0.05) is 15.9 Å². The molecule has 3 amide bonds. The molecule has 23 heavy (non-hydrogen) atoms. The highest BCUT2D eigenvalue weighted by Crippen LogP contribution is 2.29. The number of urea groups is 1. The molecular formula is C16H14BrFN2O3. The van der Waals surface area contributed by atoms with Crippen LogP contribution >= 0.6 is 15.9 Å². The Morgan fingerprint density at radius 3 is 2.74 bits per heavy atom. The average Bonchev–Trinajstić information content (AvgIpc) is 3.08. The Bertz CT molecular complexity index is 748. The van der Waals surface area contributed by atoms with Gasteiger partial charge in [0.05, 0.1) is 12.0 Å². The zero-order chi connectivity index (χ0) is 16.6. The Morgan fingerprint density at radius 1 is 1.30 bits per heavy atom. The number of carbonyl (C=O) groups excluding carboxylic acids is 2. The van der Waals surface area contributed by atoms with E-state index in [4.69, 9.17) is 4.42 Å². The highest BCUT2D eigenvalue weighted by molar-refractivity contribution is 9.10. The topological polar surface area (TPSA) is 53.8 Å². The van der Waals surface area contributed by atoms with Crippen LogP contribution in [0.4, 0.5) is 14.9 Å². The van der Waals surface area contributed by atoms with Crippen LogP contribution in [0.25, 0.3) is 0 Å². The number of imide groups is 1. The molecule has 0 radical (unpaired) electrons. The van der Waals surface area contributed by atoms with Crippen LogP contribution in [-0.4, -0.2) is 29.4 Å². The molecular weight excluding hydrogens is 367 g/mol. The number of nitrogens with zero attached hydrogens (tertiary/aromatic N) is 2. The van der Waals surface area contributed by atoms with Crippen LogP contribution in [0.1, 0.15) is 12.7 Å². The number of hydrogen-bond acceptors (Lipinski definition) is 3. The fourth-order valence-electron chi connectivity index (χ4n) is 2.57. The second kappa shape index (κ2) is 6.16. The van der Waals surface area contributed by atoms with Gasteiger partial charge in [-0.15, -0.1) is 0 Å². The minimum absolute atomic E-state index is 0.0319. The van der Waals surface area contributed by atoms with Gasteiger partial charge in [0.15, 0.2) is 0 Å². The Hall–Kier alpha value is -2.15. The first-order valence-electron chi connectivity index (χ1n) is 7.11. The third-order valence-corrected chi connectivity index (χ3v) is 4.31. The number of rotatable bonds is 4. The van der Waals surface area contributed by atoms with Crippen molar-refractivity contribution < 1.29 is 18.4 Å². The van der Waals surface area contributed by atoms with Gasteiger partial charge in [-0.05, 0) is 37.3 Å². The van der Waals surface area contributed by atoms with Gasteiger partial charge in [-0.3, -0.25) is 4.79 Å². The normalized spacial score (nSPS) is 18.1. The van der Waals surface area contributed by atoms with Gasteiger partial charge in [0.25, 0.3) is 5.91 Å². The van der Waals surface area contributed by atoms with Crippen molar-refractivity contribution in [3.63, 3.8) is 0 Å². The Balaban J connectivity index is 1.82. The number of anilines is 1. The smallest absolute Gasteiger partial charge is 0.332 e. The van der Waals surface area contributed by atoms with Crippen molar-refractivity contribution in [2.75, 3.05) is 11.4 Å². The summed E-state index contributed by atoms with van der Waals surface area (Å²) >= 11 is 3.16. The molecule has 2 aromatic rings. The van der Waals surface area contributed by atoms with E-state index < -0.39 is 23.8 Å². The molecule has 0 N–H and O–H groups in total. The average molecular weight is 381 g/mol. The number of benzene rings is 1. The van der Waals surface area contributed by atoms with E-state index >= 15 is 0 Å². The van der Waals surface area contributed by atoms with E-state index in [0.29, 0.717) is 17.4 Å². The minimum atomic E-state index is -0.638. The summed E-state index contributed by atoms with van der Waals surface area (Å²) < 4.78 is 19.9. The van der Waals surface area contributed by atoms with Gasteiger partial charge < -0.3 is 9.32 Å². The van der Waals surface area contributed by atoms with E-state index in [-0.39, 0.29) is 5.69 Å². The van der Waals surface area contributed by atoms with Gasteiger partial charge in [0.2, 0.25) is 0 Å². The van der Waals surface area contributed by atoms with E-state index in [1.165, 1.54) is 17.0 Å². The number of carbonyl (C=O) groups is 2. The maximum atomic E-state index is 14.1. The highest BCUT2D eigenvalue weighted by atomic mass is 79.9. The summed E-state index contributed by atoms with van der Waals surface area (Å²) in [5.74, 6) is -0.331. The van der Waals surface area contributed by atoms with Crippen LogP contribution < -0.4 is 4.90 Å². The fourth-order valence-corrected chi connectivity index (χ4v) is 2.90. The van der Waals surface area contributed by atoms with Crippen molar-refractivity contribution >= 4 is 33.6 Å². The maximum Gasteiger partial charge on any atom is 0.332 e. The minimum Gasteiger partial charge on any atom is -0.469 e. The van der Waals surface area contributed by atoms with Crippen LogP contribution in [0.2, 0.25) is 0 Å². The monoisotopic (exact) mass is 380 g/mol. The lowest BCUT2D eigenvalue weighted by molar-refractivity contribution is -0.119. The third-order valence-electron chi connectivity index (χ3n) is 3.81. The standard InChI is InChI=1S/C16H14BrFN2O3/c1-10-15(21)20(14-5-4-11(17)9-13(14)18)16(22)19(10)7-6-12-3-2-8-23-12/h2-5,8-10H,6-7H2,1H3. The molecule has 5 nitrogen and oxygen atoms in total. The van der Waals surface area contributed by atoms with Crippen LogP contribution in [0.15, 0.2) is 45.5 Å². The predicted octanol–water partition coefficient (Wildman–Crippen LogP) is 3.58. The van der Waals surface area contributed by atoms with E-state index in [2.05, 4.69) is 15.9 Å². The van der Waals surface area contributed by atoms with Crippen molar-refractivity contribution in [2.45, 2.75) is 19.4 Å². The van der Waals surface area contributed by atoms with Gasteiger partial charge in [-0.25, -0.2) is 14.1 Å². The molecule has 1 aromatic carbocycles. The zero-order valence-corrected chi connectivity index (χ0v) is 13.9. The molecule has 0 spiro atoms. The Morgan fingerprint density at radius 2 is 2.09 bits per heavy atom. The van der Waals surface area contributed by atoms with Crippen LogP contribution in [0.5, 0.6) is 0 Å². The van der Waals surface area contributed by atoms with E-state index in [0.717, 1.165) is 10.7 Å². The van der Waals surface area contributed by atoms with Crippen LogP contribution in [-0.2, 0) is 11.2 Å². The van der Waals surface area contributed by atoms with Gasteiger partial charge in [0.1, 0.15) is 17.6 Å². The molecule has 1 fully saturated rings. The number of hydrogen-bond donors (Lipinski definition) is 0. The maximum absolute atomic E-state index is 14.1. The zero-order valence-electron chi connectivity index (χ0n) is 12.3. The molecule has 120 valence electrons. The van der Waals surface area contributed by atoms with Crippen LogP contribution in [0, 0.1) is 5.82 Å². The fraction of sp³-hybridized carbons (Fsp3) is 0.250. The van der Waals surface area contributed by atoms with Crippen molar-refractivity contribution in [3.05, 3.63) is 52.6 Å². The van der Waals surface area contributed by atoms with E-state index in [1.807, 2.05) is 0 Å². The van der Waals surface area contributed by atoms with Gasteiger partial charge in [-0.2, -0.15) is 0 Å². The molecule has 7 heteroatoms. The molecule has 1 saturated heterocycles. The molecule has 2 heterocycles. The molecule has 1 atom stereocenters. The summed E-state index contributed by atoms with van der Waals surface area (Å²) in [6.07, 6.45) is 2.05. The summed E-state index contributed by atoms with van der Waals surface area (Å²) in [7, 11) is 0. The van der Waals surface area contributed by atoms with Gasteiger partial charge in [0, 0.05) is 17.4 Å². The molecule has 0 aliphatic carbocycles. The first-order valence-corrected chi connectivity index (χ1v) is 7.90. The molecule has 0 saturated carbocycles. The second-order valence-electron chi connectivity index (χ2n) is 5.25. The molecule has 3 rings (SSSR count). The second-order valence-corrected chi connectivity index (χ2v) is 6.17. The molecule has 1 aliphatic rings. The number of halogens is 2.